The van der Waals surface area contributed by atoms with Gasteiger partial charge in [0, 0.05) is 12.8 Å². The molecule has 0 radical (unpaired) electrons. The van der Waals surface area contributed by atoms with Crippen LogP contribution in [0.4, 0.5) is 0 Å². The molecule has 0 aromatic rings. The van der Waals surface area contributed by atoms with Crippen molar-refractivity contribution in [2.75, 3.05) is 13.2 Å². The van der Waals surface area contributed by atoms with Gasteiger partial charge in [-0.2, -0.15) is 0 Å². The Morgan fingerprint density at radius 3 is 1.06 bits per heavy atom. The third-order valence-corrected chi connectivity index (χ3v) is 11.8. The van der Waals surface area contributed by atoms with E-state index in [4.69, 9.17) is 9.47 Å². The molecule has 0 aromatic carbocycles. The van der Waals surface area contributed by atoms with Crippen molar-refractivity contribution in [3.63, 3.8) is 0 Å². The van der Waals surface area contributed by atoms with E-state index in [1.54, 1.807) is 0 Å². The number of carbonyl (C=O) groups excluding carboxylic acids is 2. The molecule has 1 unspecified atom stereocenters. The first kappa shape index (κ1) is 59.6. The van der Waals surface area contributed by atoms with E-state index in [1.807, 2.05) is 0 Å². The molecular formula is C57H102O5. The Balaban J connectivity index is 3.47. The second-order valence-corrected chi connectivity index (χ2v) is 17.9. The van der Waals surface area contributed by atoms with E-state index >= 15 is 0 Å². The summed E-state index contributed by atoms with van der Waals surface area (Å²) in [5.74, 6) is -0.583. The van der Waals surface area contributed by atoms with Crippen LogP contribution in [-0.4, -0.2) is 36.4 Å². The molecule has 0 heterocycles. The minimum Gasteiger partial charge on any atom is -0.462 e. The van der Waals surface area contributed by atoms with Crippen LogP contribution >= 0.6 is 0 Å². The van der Waals surface area contributed by atoms with E-state index in [0.29, 0.717) is 12.8 Å². The van der Waals surface area contributed by atoms with Crippen LogP contribution in [0.5, 0.6) is 0 Å². The standard InChI is InChI=1S/C57H102O5/c1-3-5-7-9-11-13-15-17-19-21-23-24-25-26-27-28-29-30-31-32-34-36-38-40-42-44-46-48-50-52-57(60)62-55(53-58)54-61-56(59)51-49-47-45-43-41-39-37-35-33-22-20-18-16-14-12-10-8-6-4-2/h5,7,11,13,17-20,23-24,55,58H,3-4,6,8-10,12,14-16,21-22,25-54H2,1-2H3/b7-5-,13-11-,19-17-,20-18-,24-23-. The summed E-state index contributed by atoms with van der Waals surface area (Å²) in [6, 6.07) is 0. The van der Waals surface area contributed by atoms with Crippen LogP contribution in [0, 0.1) is 0 Å². The van der Waals surface area contributed by atoms with E-state index in [2.05, 4.69) is 74.6 Å². The molecule has 62 heavy (non-hydrogen) atoms. The number of hydrogen-bond acceptors (Lipinski definition) is 5. The predicted molar refractivity (Wildman–Crippen MR) is 270 cm³/mol. The minimum atomic E-state index is -0.773. The molecule has 0 aliphatic rings. The van der Waals surface area contributed by atoms with E-state index in [-0.39, 0.29) is 25.2 Å². The molecule has 5 heteroatoms. The zero-order chi connectivity index (χ0) is 44.9. The average molecular weight is 867 g/mol. The van der Waals surface area contributed by atoms with Crippen LogP contribution < -0.4 is 0 Å². The Morgan fingerprint density at radius 1 is 0.387 bits per heavy atom. The largest absolute Gasteiger partial charge is 0.462 e. The zero-order valence-corrected chi connectivity index (χ0v) is 41.1. The molecule has 0 fully saturated rings. The normalized spacial score (nSPS) is 12.6. The van der Waals surface area contributed by atoms with Crippen molar-refractivity contribution >= 4 is 11.9 Å². The number of hydrogen-bond donors (Lipinski definition) is 1. The number of aliphatic hydroxyl groups is 1. The Morgan fingerprint density at radius 2 is 0.694 bits per heavy atom. The molecule has 0 saturated heterocycles. The monoisotopic (exact) mass is 867 g/mol. The molecule has 0 spiro atoms. The highest BCUT2D eigenvalue weighted by Gasteiger charge is 2.16. The lowest BCUT2D eigenvalue weighted by Crippen LogP contribution is -2.28. The number of allylic oxidation sites excluding steroid dienone is 10. The molecule has 0 aliphatic carbocycles. The van der Waals surface area contributed by atoms with E-state index < -0.39 is 6.10 Å². The summed E-state index contributed by atoms with van der Waals surface area (Å²) in [5, 5.41) is 9.64. The summed E-state index contributed by atoms with van der Waals surface area (Å²) >= 11 is 0. The number of esters is 2. The summed E-state index contributed by atoms with van der Waals surface area (Å²) in [4.78, 5) is 24.5. The smallest absolute Gasteiger partial charge is 0.306 e. The topological polar surface area (TPSA) is 72.8 Å². The lowest BCUT2D eigenvalue weighted by atomic mass is 10.0. The third-order valence-electron chi connectivity index (χ3n) is 11.8. The summed E-state index contributed by atoms with van der Waals surface area (Å²) < 4.78 is 10.7. The van der Waals surface area contributed by atoms with E-state index in [1.165, 1.54) is 180 Å². The Labute approximate surface area is 385 Å². The summed E-state index contributed by atoms with van der Waals surface area (Å²) in [5.41, 5.74) is 0. The highest BCUT2D eigenvalue weighted by Crippen LogP contribution is 2.16. The molecular weight excluding hydrogens is 765 g/mol. The van der Waals surface area contributed by atoms with Crippen molar-refractivity contribution in [2.45, 2.75) is 277 Å². The predicted octanol–water partition coefficient (Wildman–Crippen LogP) is 17.9. The van der Waals surface area contributed by atoms with Crippen LogP contribution in [0.1, 0.15) is 271 Å². The van der Waals surface area contributed by atoms with E-state index in [0.717, 1.165) is 64.2 Å². The maximum atomic E-state index is 12.3. The SMILES string of the molecule is CC/C=C\C/C=C\C/C=C\C/C=C\CCCCCCCCCCCCCCCCCCC(=O)OC(CO)COC(=O)CCCCCCCCCCC/C=C\CCCCCCCC. The number of aliphatic hydroxyl groups excluding tert-OH is 1. The summed E-state index contributed by atoms with van der Waals surface area (Å²) in [6.45, 7) is 4.05. The van der Waals surface area contributed by atoms with Gasteiger partial charge in [0.25, 0.3) is 0 Å². The number of ether oxygens (including phenoxy) is 2. The van der Waals surface area contributed by atoms with Gasteiger partial charge in [-0.05, 0) is 77.0 Å². The number of carbonyl (C=O) groups is 2. The van der Waals surface area contributed by atoms with Gasteiger partial charge in [-0.15, -0.1) is 0 Å². The molecule has 1 N–H and O–H groups in total. The lowest BCUT2D eigenvalue weighted by molar-refractivity contribution is -0.161. The van der Waals surface area contributed by atoms with Gasteiger partial charge in [0.05, 0.1) is 6.61 Å². The maximum Gasteiger partial charge on any atom is 0.306 e. The highest BCUT2D eigenvalue weighted by atomic mass is 16.6. The second-order valence-electron chi connectivity index (χ2n) is 17.9. The number of rotatable bonds is 49. The van der Waals surface area contributed by atoms with Crippen molar-refractivity contribution in [2.24, 2.45) is 0 Å². The fraction of sp³-hybridized carbons (Fsp3) is 0.789. The van der Waals surface area contributed by atoms with Crippen LogP contribution in [0.2, 0.25) is 0 Å². The molecule has 0 bridgehead atoms. The highest BCUT2D eigenvalue weighted by molar-refractivity contribution is 5.70. The first-order chi connectivity index (χ1) is 30.6. The van der Waals surface area contributed by atoms with Gasteiger partial charge in [-0.3, -0.25) is 9.59 Å². The molecule has 1 atom stereocenters. The van der Waals surface area contributed by atoms with E-state index in [9.17, 15) is 14.7 Å². The zero-order valence-electron chi connectivity index (χ0n) is 41.1. The number of unbranched alkanes of at least 4 members (excludes halogenated alkanes) is 31. The fourth-order valence-electron chi connectivity index (χ4n) is 7.78. The Kier molecular flexibility index (Phi) is 50.9. The first-order valence-electron chi connectivity index (χ1n) is 26.8. The van der Waals surface area contributed by atoms with Gasteiger partial charge in [0.15, 0.2) is 6.10 Å². The molecule has 0 rings (SSSR count). The maximum absolute atomic E-state index is 12.3. The minimum absolute atomic E-state index is 0.0653. The average Bonchev–Trinajstić information content (AvgIpc) is 3.28. The quantitative estimate of drug-likeness (QED) is 0.0375. The molecule has 0 aliphatic heterocycles. The van der Waals surface area contributed by atoms with Gasteiger partial charge in [-0.25, -0.2) is 0 Å². The van der Waals surface area contributed by atoms with Crippen LogP contribution in [0.15, 0.2) is 60.8 Å². The van der Waals surface area contributed by atoms with Crippen LogP contribution in [0.3, 0.4) is 0 Å². The van der Waals surface area contributed by atoms with Gasteiger partial charge < -0.3 is 14.6 Å². The van der Waals surface area contributed by atoms with Gasteiger partial charge >= 0.3 is 11.9 Å². The van der Waals surface area contributed by atoms with Gasteiger partial charge in [-0.1, -0.05) is 242 Å². The van der Waals surface area contributed by atoms with Gasteiger partial charge in [0.1, 0.15) is 6.61 Å². The summed E-state index contributed by atoms with van der Waals surface area (Å²) in [7, 11) is 0. The van der Waals surface area contributed by atoms with Crippen molar-refractivity contribution in [1.82, 2.24) is 0 Å². The van der Waals surface area contributed by atoms with Crippen molar-refractivity contribution in [1.29, 1.82) is 0 Å². The molecule has 0 saturated carbocycles. The van der Waals surface area contributed by atoms with Crippen LogP contribution in [-0.2, 0) is 19.1 Å². The van der Waals surface area contributed by atoms with Gasteiger partial charge in [0.2, 0.25) is 0 Å². The fourth-order valence-corrected chi connectivity index (χ4v) is 7.78. The lowest BCUT2D eigenvalue weighted by Gasteiger charge is -2.15. The first-order valence-corrected chi connectivity index (χ1v) is 26.8. The van der Waals surface area contributed by atoms with Crippen molar-refractivity contribution in [3.05, 3.63) is 60.8 Å². The molecule has 5 nitrogen and oxygen atoms in total. The molecule has 360 valence electrons. The third kappa shape index (κ3) is 50.2. The Hall–Kier alpha value is -2.40. The second kappa shape index (κ2) is 52.9. The summed E-state index contributed by atoms with van der Waals surface area (Å²) in [6.07, 6.45) is 70.4. The van der Waals surface area contributed by atoms with Crippen molar-refractivity contribution in [3.8, 4) is 0 Å². The Bertz CT molecular complexity index is 1070. The van der Waals surface area contributed by atoms with Crippen molar-refractivity contribution < 1.29 is 24.2 Å². The van der Waals surface area contributed by atoms with Crippen LogP contribution in [0.25, 0.3) is 0 Å². The molecule has 0 aromatic heterocycles. The molecule has 0 amide bonds.